The van der Waals surface area contributed by atoms with Crippen LogP contribution in [0.4, 0.5) is 4.39 Å². The highest BCUT2D eigenvalue weighted by Gasteiger charge is 2.23. The molecular weight excluding hydrogens is 325 g/mol. The summed E-state index contributed by atoms with van der Waals surface area (Å²) in [4.78, 5) is 3.79. The second-order valence-electron chi connectivity index (χ2n) is 5.19. The van der Waals surface area contributed by atoms with Crippen molar-refractivity contribution in [3.8, 4) is 0 Å². The van der Waals surface area contributed by atoms with Crippen molar-refractivity contribution < 1.29 is 22.1 Å². The molecule has 1 aliphatic rings. The molecule has 7 nitrogen and oxygen atoms in total. The number of hydrogen-bond acceptors (Lipinski definition) is 6. The van der Waals surface area contributed by atoms with E-state index in [0.717, 1.165) is 18.9 Å². The highest BCUT2D eigenvalue weighted by atomic mass is 32.2. The van der Waals surface area contributed by atoms with Crippen molar-refractivity contribution in [1.29, 1.82) is 0 Å². The molecule has 9 heteroatoms. The topological polar surface area (TPSA) is 94.3 Å². The van der Waals surface area contributed by atoms with Crippen LogP contribution < -0.4 is 4.72 Å². The average molecular weight is 341 g/mol. The lowest BCUT2D eigenvalue weighted by Gasteiger charge is -2.18. The summed E-state index contributed by atoms with van der Waals surface area (Å²) in [5, 5.41) is 3.88. The summed E-state index contributed by atoms with van der Waals surface area (Å²) in [6.45, 7) is 1.11. The van der Waals surface area contributed by atoms with E-state index in [9.17, 15) is 12.8 Å². The molecule has 1 fully saturated rings. The molecule has 3 rings (SSSR count). The van der Waals surface area contributed by atoms with Crippen molar-refractivity contribution in [2.45, 2.75) is 30.2 Å². The van der Waals surface area contributed by atoms with Crippen LogP contribution in [0.25, 0.3) is 0 Å². The number of rotatable bonds is 5. The zero-order valence-electron chi connectivity index (χ0n) is 12.2. The van der Waals surface area contributed by atoms with Gasteiger partial charge in [0.2, 0.25) is 15.9 Å². The molecule has 0 bridgehead atoms. The summed E-state index contributed by atoms with van der Waals surface area (Å²) in [5.41, 5.74) is 0. The van der Waals surface area contributed by atoms with Crippen molar-refractivity contribution in [1.82, 2.24) is 14.9 Å². The van der Waals surface area contributed by atoms with Crippen molar-refractivity contribution in [2.75, 3.05) is 13.2 Å². The zero-order chi connectivity index (χ0) is 16.3. The third kappa shape index (κ3) is 3.74. The Morgan fingerprint density at radius 1 is 1.26 bits per heavy atom. The van der Waals surface area contributed by atoms with Crippen LogP contribution in [0.15, 0.2) is 33.7 Å². The van der Waals surface area contributed by atoms with Gasteiger partial charge in [-0.15, -0.1) is 0 Å². The molecule has 2 heterocycles. The Hall–Kier alpha value is -1.84. The van der Waals surface area contributed by atoms with Gasteiger partial charge < -0.3 is 9.26 Å². The van der Waals surface area contributed by atoms with Gasteiger partial charge in [-0.2, -0.15) is 4.98 Å². The first-order chi connectivity index (χ1) is 11.1. The molecule has 1 aromatic carbocycles. The van der Waals surface area contributed by atoms with Gasteiger partial charge in [0.25, 0.3) is 0 Å². The monoisotopic (exact) mass is 341 g/mol. The van der Waals surface area contributed by atoms with Gasteiger partial charge in [0.05, 0.1) is 6.54 Å². The summed E-state index contributed by atoms with van der Waals surface area (Å²) in [5.74, 6) is 0.0395. The van der Waals surface area contributed by atoms with Crippen LogP contribution in [0.2, 0.25) is 0 Å². The molecule has 0 aliphatic carbocycles. The minimum absolute atomic E-state index is 0.145. The van der Waals surface area contributed by atoms with E-state index in [1.165, 1.54) is 18.2 Å². The molecule has 0 saturated carbocycles. The quantitative estimate of drug-likeness (QED) is 0.887. The average Bonchev–Trinajstić information content (AvgIpc) is 3.03. The Morgan fingerprint density at radius 2 is 2.00 bits per heavy atom. The highest BCUT2D eigenvalue weighted by molar-refractivity contribution is 7.89. The number of hydrogen-bond donors (Lipinski definition) is 1. The number of nitrogens with one attached hydrogen (secondary N) is 1. The van der Waals surface area contributed by atoms with Crippen LogP contribution in [-0.4, -0.2) is 31.8 Å². The maximum absolute atomic E-state index is 13.6. The van der Waals surface area contributed by atoms with Gasteiger partial charge in [-0.05, 0) is 25.0 Å². The van der Waals surface area contributed by atoms with Gasteiger partial charge in [-0.1, -0.05) is 17.3 Å². The summed E-state index contributed by atoms with van der Waals surface area (Å²) >= 11 is 0. The minimum atomic E-state index is -3.98. The van der Waals surface area contributed by atoms with Gasteiger partial charge in [-0.3, -0.25) is 0 Å². The van der Waals surface area contributed by atoms with Gasteiger partial charge in [-0.25, -0.2) is 17.5 Å². The standard InChI is InChI=1S/C14H16FN3O4S/c15-11-3-1-2-4-12(11)23(19,20)16-9-13-17-14(18-22-13)10-5-7-21-8-6-10/h1-4,10,16H,5-9H2. The number of aromatic nitrogens is 2. The predicted molar refractivity (Wildman–Crippen MR) is 77.5 cm³/mol. The van der Waals surface area contributed by atoms with Gasteiger partial charge in [0, 0.05) is 19.1 Å². The van der Waals surface area contributed by atoms with E-state index in [1.807, 2.05) is 0 Å². The third-order valence-electron chi connectivity index (χ3n) is 3.61. The molecule has 0 atom stereocenters. The summed E-state index contributed by atoms with van der Waals surface area (Å²) in [7, 11) is -3.98. The maximum atomic E-state index is 13.6. The molecular formula is C14H16FN3O4S. The van der Waals surface area contributed by atoms with Crippen LogP contribution in [-0.2, 0) is 21.3 Å². The molecule has 0 spiro atoms. The molecule has 0 unspecified atom stereocenters. The predicted octanol–water partition coefficient (Wildman–Crippen LogP) is 1.58. The van der Waals surface area contributed by atoms with Crippen LogP contribution in [0.5, 0.6) is 0 Å². The molecule has 1 saturated heterocycles. The maximum Gasteiger partial charge on any atom is 0.243 e. The Morgan fingerprint density at radius 3 is 2.74 bits per heavy atom. The van der Waals surface area contributed by atoms with E-state index in [4.69, 9.17) is 9.26 Å². The van der Waals surface area contributed by atoms with E-state index in [1.54, 1.807) is 0 Å². The Balaban J connectivity index is 1.66. The van der Waals surface area contributed by atoms with E-state index >= 15 is 0 Å². The fourth-order valence-electron chi connectivity index (χ4n) is 2.36. The zero-order valence-corrected chi connectivity index (χ0v) is 13.1. The van der Waals surface area contributed by atoms with Crippen molar-refractivity contribution in [2.24, 2.45) is 0 Å². The smallest absolute Gasteiger partial charge is 0.243 e. The lowest BCUT2D eigenvalue weighted by molar-refractivity contribution is 0.0830. The minimum Gasteiger partial charge on any atom is -0.381 e. The lowest BCUT2D eigenvalue weighted by atomic mass is 10.00. The molecule has 0 radical (unpaired) electrons. The van der Waals surface area contributed by atoms with Crippen molar-refractivity contribution in [3.05, 3.63) is 41.8 Å². The number of halogens is 1. The summed E-state index contributed by atoms with van der Waals surface area (Å²) < 4.78 is 50.3. The first kappa shape index (κ1) is 16.0. The second kappa shape index (κ2) is 6.73. The number of nitrogens with zero attached hydrogens (tertiary/aromatic N) is 2. The molecule has 1 aromatic heterocycles. The molecule has 1 N–H and O–H groups in total. The van der Waals surface area contributed by atoms with E-state index < -0.39 is 20.7 Å². The summed E-state index contributed by atoms with van der Waals surface area (Å²) in [6.07, 6.45) is 1.61. The number of sulfonamides is 1. The second-order valence-corrected chi connectivity index (χ2v) is 6.92. The Bertz CT molecular complexity index is 772. The molecule has 23 heavy (non-hydrogen) atoms. The molecule has 2 aromatic rings. The van der Waals surface area contributed by atoms with E-state index in [0.29, 0.717) is 19.0 Å². The van der Waals surface area contributed by atoms with E-state index in [-0.39, 0.29) is 18.4 Å². The van der Waals surface area contributed by atoms with Crippen LogP contribution >= 0.6 is 0 Å². The lowest BCUT2D eigenvalue weighted by Crippen LogP contribution is -2.24. The van der Waals surface area contributed by atoms with Gasteiger partial charge in [0.1, 0.15) is 10.7 Å². The van der Waals surface area contributed by atoms with Gasteiger partial charge in [0.15, 0.2) is 5.82 Å². The Kier molecular flexibility index (Phi) is 4.69. The van der Waals surface area contributed by atoms with E-state index in [2.05, 4.69) is 14.9 Å². The van der Waals surface area contributed by atoms with Crippen LogP contribution in [0, 0.1) is 5.82 Å². The number of ether oxygens (including phenoxy) is 1. The van der Waals surface area contributed by atoms with Crippen LogP contribution in [0.1, 0.15) is 30.5 Å². The first-order valence-electron chi connectivity index (χ1n) is 7.21. The highest BCUT2D eigenvalue weighted by Crippen LogP contribution is 2.24. The largest absolute Gasteiger partial charge is 0.381 e. The molecule has 124 valence electrons. The SMILES string of the molecule is O=S(=O)(NCc1nc(C2CCOCC2)no1)c1ccccc1F. The first-order valence-corrected chi connectivity index (χ1v) is 8.69. The molecule has 1 aliphatic heterocycles. The molecule has 0 amide bonds. The van der Waals surface area contributed by atoms with Crippen LogP contribution in [0.3, 0.4) is 0 Å². The summed E-state index contributed by atoms with van der Waals surface area (Å²) in [6, 6.07) is 5.16. The number of benzene rings is 1. The van der Waals surface area contributed by atoms with Crippen molar-refractivity contribution in [3.63, 3.8) is 0 Å². The Labute approximate surface area is 132 Å². The third-order valence-corrected chi connectivity index (χ3v) is 5.04. The van der Waals surface area contributed by atoms with Gasteiger partial charge >= 0.3 is 0 Å². The van der Waals surface area contributed by atoms with Crippen molar-refractivity contribution >= 4 is 10.0 Å². The fraction of sp³-hybridized carbons (Fsp3) is 0.429. The fourth-order valence-corrected chi connectivity index (χ4v) is 3.41. The normalized spacial score (nSPS) is 16.6.